The van der Waals surface area contributed by atoms with Crippen LogP contribution < -0.4 is 16.8 Å². The molecule has 0 fully saturated rings. The van der Waals surface area contributed by atoms with E-state index in [1.807, 2.05) is 23.8 Å². The molecule has 0 radical (unpaired) electrons. The van der Waals surface area contributed by atoms with Crippen LogP contribution in [0.5, 0.6) is 0 Å². The monoisotopic (exact) mass is 422 g/mol. The van der Waals surface area contributed by atoms with Crippen molar-refractivity contribution in [3.63, 3.8) is 0 Å². The normalized spacial score (nSPS) is 11.9. The first-order chi connectivity index (χ1) is 14.4. The number of anilines is 3. The Hall–Kier alpha value is -3.90. The summed E-state index contributed by atoms with van der Waals surface area (Å²) in [6, 6.07) is 9.38. The molecule has 3 heterocycles. The molecule has 0 aliphatic carbocycles. The zero-order chi connectivity index (χ0) is 21.4. The van der Waals surface area contributed by atoms with Gasteiger partial charge in [0.1, 0.15) is 28.9 Å². The van der Waals surface area contributed by atoms with Gasteiger partial charge in [-0.15, -0.1) is 0 Å². The van der Waals surface area contributed by atoms with Gasteiger partial charge in [0.25, 0.3) is 0 Å². The third-order valence-electron chi connectivity index (χ3n) is 4.66. The number of nitrogens with two attached hydrogens (primary N) is 2. The van der Waals surface area contributed by atoms with Gasteiger partial charge in [-0.25, -0.2) is 9.37 Å². The molecular weight excluding hydrogens is 407 g/mol. The van der Waals surface area contributed by atoms with E-state index in [1.54, 1.807) is 24.4 Å². The minimum absolute atomic E-state index is 0.00635. The number of hydrogen-bond donors (Lipinski definition) is 3. The molecule has 0 saturated carbocycles. The molecule has 3 aromatic heterocycles. The minimum Gasteiger partial charge on any atom is -0.382 e. The van der Waals surface area contributed by atoms with Crippen molar-refractivity contribution in [1.29, 1.82) is 5.26 Å². The van der Waals surface area contributed by atoms with E-state index in [0.717, 1.165) is 16.6 Å². The summed E-state index contributed by atoms with van der Waals surface area (Å²) in [5, 5.41) is 13.8. The number of nitrogen functional groups attached to an aromatic ring is 2. The minimum atomic E-state index is -0.350. The lowest BCUT2D eigenvalue weighted by Gasteiger charge is -2.16. The molecule has 1 aromatic carbocycles. The molecule has 30 heavy (non-hydrogen) atoms. The molecule has 0 saturated heterocycles. The number of nitrogens with zero attached hydrogens (tertiary/aromatic N) is 5. The van der Waals surface area contributed by atoms with Crippen LogP contribution in [0.15, 0.2) is 42.7 Å². The van der Waals surface area contributed by atoms with Crippen molar-refractivity contribution < 1.29 is 4.39 Å². The summed E-state index contributed by atoms with van der Waals surface area (Å²) in [5.74, 6) is -0.167. The molecule has 4 aromatic rings. The van der Waals surface area contributed by atoms with Crippen molar-refractivity contribution >= 4 is 40.2 Å². The standard InChI is InChI=1S/C20H16ClFN8/c1-10(27-18-13(8-23)17(24)28-20(25)29-18)14-9-30(12-4-2-11(22)3-5-12)19-16(14)15(21)6-7-26-19/h2-7,9-10H,1H3,(H5,24,25,27,28,29). The quantitative estimate of drug-likeness (QED) is 0.455. The average molecular weight is 423 g/mol. The highest BCUT2D eigenvalue weighted by Gasteiger charge is 2.21. The van der Waals surface area contributed by atoms with Crippen LogP contribution in [-0.4, -0.2) is 19.5 Å². The number of rotatable bonds is 4. The van der Waals surface area contributed by atoms with Crippen molar-refractivity contribution in [1.82, 2.24) is 19.5 Å². The Morgan fingerprint density at radius 3 is 2.63 bits per heavy atom. The fourth-order valence-corrected chi connectivity index (χ4v) is 3.51. The van der Waals surface area contributed by atoms with Gasteiger partial charge in [0.05, 0.1) is 11.1 Å². The molecule has 8 nitrogen and oxygen atoms in total. The fraction of sp³-hybridized carbons (Fsp3) is 0.100. The van der Waals surface area contributed by atoms with Gasteiger partial charge >= 0.3 is 0 Å². The van der Waals surface area contributed by atoms with E-state index in [4.69, 9.17) is 23.1 Å². The van der Waals surface area contributed by atoms with Gasteiger partial charge in [-0.1, -0.05) is 11.6 Å². The average Bonchev–Trinajstić information content (AvgIpc) is 3.09. The summed E-state index contributed by atoms with van der Waals surface area (Å²) in [4.78, 5) is 12.4. The van der Waals surface area contributed by atoms with Crippen LogP contribution in [0.1, 0.15) is 24.1 Å². The summed E-state index contributed by atoms with van der Waals surface area (Å²) in [5.41, 5.74) is 13.7. The van der Waals surface area contributed by atoms with Crippen molar-refractivity contribution in [2.75, 3.05) is 16.8 Å². The van der Waals surface area contributed by atoms with Crippen molar-refractivity contribution in [3.05, 3.63) is 64.7 Å². The molecule has 1 unspecified atom stereocenters. The Balaban J connectivity index is 1.84. The first-order valence-corrected chi connectivity index (χ1v) is 9.28. The second-order valence-electron chi connectivity index (χ2n) is 6.59. The number of benzene rings is 1. The SMILES string of the molecule is CC(Nc1nc(N)nc(N)c1C#N)c1cn(-c2ccc(F)cc2)c2nccc(Cl)c12. The maximum Gasteiger partial charge on any atom is 0.224 e. The fourth-order valence-electron chi connectivity index (χ4n) is 3.26. The van der Waals surface area contributed by atoms with Gasteiger partial charge in [0.15, 0.2) is 5.82 Å². The Morgan fingerprint density at radius 2 is 1.93 bits per heavy atom. The Labute approximate surface area is 175 Å². The van der Waals surface area contributed by atoms with E-state index in [0.29, 0.717) is 10.7 Å². The second-order valence-corrected chi connectivity index (χ2v) is 7.00. The van der Waals surface area contributed by atoms with E-state index in [2.05, 4.69) is 20.3 Å². The van der Waals surface area contributed by atoms with Gasteiger partial charge in [0.2, 0.25) is 5.95 Å². The Kier molecular flexibility index (Phi) is 4.85. The van der Waals surface area contributed by atoms with Gasteiger partial charge < -0.3 is 21.4 Å². The first kappa shape index (κ1) is 19.4. The van der Waals surface area contributed by atoms with E-state index in [-0.39, 0.29) is 35.0 Å². The lowest BCUT2D eigenvalue weighted by molar-refractivity contribution is 0.627. The van der Waals surface area contributed by atoms with Gasteiger partial charge in [-0.3, -0.25) is 0 Å². The molecule has 0 spiro atoms. The Bertz CT molecular complexity index is 1290. The molecule has 0 aliphatic rings. The molecule has 0 bridgehead atoms. The highest BCUT2D eigenvalue weighted by atomic mass is 35.5. The van der Waals surface area contributed by atoms with E-state index in [9.17, 15) is 9.65 Å². The smallest absolute Gasteiger partial charge is 0.224 e. The number of fused-ring (bicyclic) bond motifs is 1. The first-order valence-electron chi connectivity index (χ1n) is 8.90. The summed E-state index contributed by atoms with van der Waals surface area (Å²) in [6.45, 7) is 1.88. The maximum absolute atomic E-state index is 13.4. The van der Waals surface area contributed by atoms with Crippen LogP contribution in [0.4, 0.5) is 22.0 Å². The van der Waals surface area contributed by atoms with Crippen LogP contribution in [-0.2, 0) is 0 Å². The van der Waals surface area contributed by atoms with Gasteiger partial charge in [0, 0.05) is 29.0 Å². The summed E-state index contributed by atoms with van der Waals surface area (Å²) < 4.78 is 15.2. The van der Waals surface area contributed by atoms with Gasteiger partial charge in [-0.05, 0) is 37.3 Å². The third kappa shape index (κ3) is 3.33. The van der Waals surface area contributed by atoms with Crippen LogP contribution in [0.2, 0.25) is 5.02 Å². The van der Waals surface area contributed by atoms with Crippen LogP contribution >= 0.6 is 11.6 Å². The maximum atomic E-state index is 13.4. The highest BCUT2D eigenvalue weighted by molar-refractivity contribution is 6.35. The zero-order valence-electron chi connectivity index (χ0n) is 15.8. The summed E-state index contributed by atoms with van der Waals surface area (Å²) >= 11 is 6.49. The predicted octanol–water partition coefficient (Wildman–Crippen LogP) is 3.82. The molecule has 10 heteroatoms. The number of nitrogens with one attached hydrogen (secondary N) is 1. The van der Waals surface area contributed by atoms with E-state index < -0.39 is 0 Å². The predicted molar refractivity (Wildman–Crippen MR) is 114 cm³/mol. The Morgan fingerprint density at radius 1 is 1.20 bits per heavy atom. The molecule has 5 N–H and O–H groups in total. The van der Waals surface area contributed by atoms with Crippen LogP contribution in [0, 0.1) is 17.1 Å². The number of nitriles is 1. The van der Waals surface area contributed by atoms with E-state index in [1.165, 1.54) is 12.1 Å². The van der Waals surface area contributed by atoms with Crippen LogP contribution in [0.25, 0.3) is 16.7 Å². The molecular formula is C20H16ClFN8. The van der Waals surface area contributed by atoms with Gasteiger partial charge in [-0.2, -0.15) is 15.2 Å². The molecule has 0 aliphatic heterocycles. The van der Waals surface area contributed by atoms with Crippen molar-refractivity contribution in [3.8, 4) is 11.8 Å². The molecule has 0 amide bonds. The van der Waals surface area contributed by atoms with Crippen LogP contribution in [0.3, 0.4) is 0 Å². The summed E-state index contributed by atoms with van der Waals surface area (Å²) in [6.07, 6.45) is 3.46. The van der Waals surface area contributed by atoms with Crippen molar-refractivity contribution in [2.24, 2.45) is 0 Å². The lowest BCUT2D eigenvalue weighted by Crippen LogP contribution is -2.13. The lowest BCUT2D eigenvalue weighted by atomic mass is 10.1. The largest absolute Gasteiger partial charge is 0.382 e. The number of pyridine rings is 1. The third-order valence-corrected chi connectivity index (χ3v) is 4.97. The highest BCUT2D eigenvalue weighted by Crippen LogP contribution is 2.34. The number of halogens is 2. The molecule has 150 valence electrons. The number of hydrogen-bond acceptors (Lipinski definition) is 7. The van der Waals surface area contributed by atoms with E-state index >= 15 is 0 Å². The molecule has 4 rings (SSSR count). The zero-order valence-corrected chi connectivity index (χ0v) is 16.5. The number of aromatic nitrogens is 4. The second kappa shape index (κ2) is 7.50. The topological polar surface area (TPSA) is 131 Å². The molecule has 1 atom stereocenters. The summed E-state index contributed by atoms with van der Waals surface area (Å²) in [7, 11) is 0. The van der Waals surface area contributed by atoms with Crippen molar-refractivity contribution in [2.45, 2.75) is 13.0 Å².